The lowest BCUT2D eigenvalue weighted by Gasteiger charge is -2.16. The number of carboxylic acids is 1. The molecule has 4 rings (SSSR count). The summed E-state index contributed by atoms with van der Waals surface area (Å²) in [5.41, 5.74) is 8.36. The summed E-state index contributed by atoms with van der Waals surface area (Å²) in [5, 5.41) is 9.79. The van der Waals surface area contributed by atoms with E-state index in [2.05, 4.69) is 4.99 Å². The molecule has 1 amide bonds. The number of ether oxygens (including phenoxy) is 1. The lowest BCUT2D eigenvalue weighted by atomic mass is 9.96. The number of aliphatic carboxylic acids is 1. The molecule has 0 saturated carbocycles. The molecule has 0 radical (unpaired) electrons. The molecule has 0 unspecified atom stereocenters. The van der Waals surface area contributed by atoms with Crippen LogP contribution in [0.5, 0.6) is 5.75 Å². The molecule has 2 heterocycles. The smallest absolute Gasteiger partial charge is 0.309 e. The Morgan fingerprint density at radius 1 is 1.20 bits per heavy atom. The number of primary amides is 1. The zero-order valence-electron chi connectivity index (χ0n) is 16.2. The third-order valence-electron chi connectivity index (χ3n) is 5.14. The number of hydrogen-bond acceptors (Lipinski definition) is 5. The van der Waals surface area contributed by atoms with Gasteiger partial charge in [0.25, 0.3) is 0 Å². The van der Waals surface area contributed by atoms with Gasteiger partial charge in [0, 0.05) is 17.5 Å². The van der Waals surface area contributed by atoms with E-state index in [1.165, 1.54) is 0 Å². The second-order valence-electron chi connectivity index (χ2n) is 6.98. The highest BCUT2D eigenvalue weighted by Gasteiger charge is 2.31. The van der Waals surface area contributed by atoms with Crippen molar-refractivity contribution in [1.29, 1.82) is 0 Å². The van der Waals surface area contributed by atoms with E-state index in [9.17, 15) is 19.5 Å². The SMILES string of the molecule is COc1ccc(Cn2c3c(c4c(C(N)=O)cccc42)C(=O)CN=C3CC(=O)O)cc1. The molecule has 3 aromatic rings. The molecule has 0 spiro atoms. The molecule has 2 aromatic carbocycles. The Morgan fingerprint density at radius 3 is 2.57 bits per heavy atom. The van der Waals surface area contributed by atoms with E-state index in [0.29, 0.717) is 40.2 Å². The summed E-state index contributed by atoms with van der Waals surface area (Å²) in [7, 11) is 1.58. The molecular weight excluding hydrogens is 386 g/mol. The van der Waals surface area contributed by atoms with Gasteiger partial charge in [0.15, 0.2) is 5.78 Å². The third kappa shape index (κ3) is 3.22. The van der Waals surface area contributed by atoms with Gasteiger partial charge >= 0.3 is 5.97 Å². The first-order valence-corrected chi connectivity index (χ1v) is 9.27. The maximum absolute atomic E-state index is 12.8. The van der Waals surface area contributed by atoms with Crippen LogP contribution in [0.15, 0.2) is 47.5 Å². The second kappa shape index (κ2) is 7.47. The first-order valence-electron chi connectivity index (χ1n) is 9.27. The summed E-state index contributed by atoms with van der Waals surface area (Å²) in [6.45, 7) is 0.189. The van der Waals surface area contributed by atoms with Crippen molar-refractivity contribution in [3.8, 4) is 5.75 Å². The fourth-order valence-electron chi connectivity index (χ4n) is 3.86. The summed E-state index contributed by atoms with van der Waals surface area (Å²) in [4.78, 5) is 40.5. The number of methoxy groups -OCH3 is 1. The predicted molar refractivity (Wildman–Crippen MR) is 111 cm³/mol. The molecule has 0 fully saturated rings. The number of aliphatic imine (C=N–C) groups is 1. The second-order valence-corrected chi connectivity index (χ2v) is 6.98. The number of amides is 1. The van der Waals surface area contributed by atoms with Gasteiger partial charge in [0.1, 0.15) is 12.3 Å². The number of hydrogen-bond donors (Lipinski definition) is 2. The highest BCUT2D eigenvalue weighted by molar-refractivity contribution is 6.26. The molecule has 8 nitrogen and oxygen atoms in total. The van der Waals surface area contributed by atoms with E-state index >= 15 is 0 Å². The van der Waals surface area contributed by atoms with Gasteiger partial charge in [-0.05, 0) is 29.8 Å². The zero-order chi connectivity index (χ0) is 21.4. The molecule has 0 aliphatic carbocycles. The van der Waals surface area contributed by atoms with Crippen LogP contribution < -0.4 is 10.5 Å². The average molecular weight is 405 g/mol. The van der Waals surface area contributed by atoms with Crippen LogP contribution in [0.25, 0.3) is 10.9 Å². The van der Waals surface area contributed by atoms with Crippen LogP contribution in [0.3, 0.4) is 0 Å². The number of rotatable bonds is 6. The summed E-state index contributed by atoms with van der Waals surface area (Å²) in [5.74, 6) is -1.27. The highest BCUT2D eigenvalue weighted by atomic mass is 16.5. The van der Waals surface area contributed by atoms with Crippen LogP contribution >= 0.6 is 0 Å². The number of fused-ring (bicyclic) bond motifs is 3. The van der Waals surface area contributed by atoms with E-state index in [0.717, 1.165) is 5.56 Å². The normalized spacial score (nSPS) is 13.1. The summed E-state index contributed by atoms with van der Waals surface area (Å²) >= 11 is 0. The van der Waals surface area contributed by atoms with Crippen LogP contribution in [0.4, 0.5) is 0 Å². The van der Waals surface area contributed by atoms with Gasteiger partial charge in [0.2, 0.25) is 5.91 Å². The van der Waals surface area contributed by atoms with Crippen LogP contribution in [0.1, 0.15) is 38.4 Å². The fourth-order valence-corrected chi connectivity index (χ4v) is 3.86. The first-order chi connectivity index (χ1) is 14.4. The molecule has 30 heavy (non-hydrogen) atoms. The van der Waals surface area contributed by atoms with E-state index < -0.39 is 11.9 Å². The van der Waals surface area contributed by atoms with Gasteiger partial charge < -0.3 is 20.1 Å². The van der Waals surface area contributed by atoms with Crippen molar-refractivity contribution in [2.75, 3.05) is 13.7 Å². The van der Waals surface area contributed by atoms with Crippen LogP contribution in [0.2, 0.25) is 0 Å². The van der Waals surface area contributed by atoms with Crippen molar-refractivity contribution in [1.82, 2.24) is 4.57 Å². The quantitative estimate of drug-likeness (QED) is 0.651. The Kier molecular flexibility index (Phi) is 4.83. The summed E-state index contributed by atoms with van der Waals surface area (Å²) in [6.07, 6.45) is -0.328. The van der Waals surface area contributed by atoms with Crippen molar-refractivity contribution >= 4 is 34.3 Å². The van der Waals surface area contributed by atoms with Crippen LogP contribution in [-0.2, 0) is 11.3 Å². The van der Waals surface area contributed by atoms with Gasteiger partial charge in [0.05, 0.1) is 36.0 Å². The minimum Gasteiger partial charge on any atom is -0.497 e. The number of benzene rings is 2. The molecule has 1 aliphatic rings. The van der Waals surface area contributed by atoms with Crippen molar-refractivity contribution in [3.05, 3.63) is 64.8 Å². The number of carbonyl (C=O) groups excluding carboxylic acids is 2. The largest absolute Gasteiger partial charge is 0.497 e. The number of carbonyl (C=O) groups is 3. The maximum Gasteiger partial charge on any atom is 0.309 e. The van der Waals surface area contributed by atoms with Gasteiger partial charge in [-0.15, -0.1) is 0 Å². The molecule has 152 valence electrons. The lowest BCUT2D eigenvalue weighted by Crippen LogP contribution is -2.24. The van der Waals surface area contributed by atoms with E-state index in [-0.39, 0.29) is 24.3 Å². The fraction of sp³-hybridized carbons (Fsp3) is 0.182. The molecule has 1 aliphatic heterocycles. The zero-order valence-corrected chi connectivity index (χ0v) is 16.2. The van der Waals surface area contributed by atoms with E-state index in [1.807, 2.05) is 28.8 Å². The molecule has 3 N–H and O–H groups in total. The number of nitrogens with zero attached hydrogens (tertiary/aromatic N) is 2. The Balaban J connectivity index is 1.99. The topological polar surface area (TPSA) is 124 Å². The number of nitrogens with two attached hydrogens (primary N) is 1. The molecule has 1 aromatic heterocycles. The lowest BCUT2D eigenvalue weighted by molar-refractivity contribution is -0.135. The number of aromatic nitrogens is 1. The number of ketones is 1. The Labute approximate surface area is 171 Å². The first kappa shape index (κ1) is 19.4. The summed E-state index contributed by atoms with van der Waals surface area (Å²) < 4.78 is 7.03. The van der Waals surface area contributed by atoms with Crippen LogP contribution in [-0.4, -0.2) is 46.7 Å². The van der Waals surface area contributed by atoms with E-state index in [4.69, 9.17) is 10.5 Å². The standard InChI is InChI=1S/C22H19N3O5/c1-30-13-7-5-12(6-8-13)11-25-16-4-2-3-14(22(23)29)19(16)20-17(26)10-24-15(21(20)25)9-18(27)28/h2-8H,9-11H2,1H3,(H2,23,29)(H,27,28). The average Bonchev–Trinajstić information content (AvgIpc) is 3.06. The monoisotopic (exact) mass is 405 g/mol. The van der Waals surface area contributed by atoms with Gasteiger partial charge in [-0.2, -0.15) is 0 Å². The van der Waals surface area contributed by atoms with Gasteiger partial charge in [-0.25, -0.2) is 0 Å². The Hall–Kier alpha value is -3.94. The molecule has 0 bridgehead atoms. The van der Waals surface area contributed by atoms with Crippen molar-refractivity contribution in [2.45, 2.75) is 13.0 Å². The number of Topliss-reactive ketones (excluding diaryl/α,β-unsaturated/α-hetero) is 1. The molecule has 0 atom stereocenters. The van der Waals surface area contributed by atoms with Gasteiger partial charge in [-0.1, -0.05) is 18.2 Å². The molecule has 0 saturated heterocycles. The predicted octanol–water partition coefficient (Wildman–Crippen LogP) is 2.26. The minimum atomic E-state index is -1.05. The molecular formula is C22H19N3O5. The van der Waals surface area contributed by atoms with Crippen molar-refractivity contribution in [2.24, 2.45) is 10.7 Å². The van der Waals surface area contributed by atoms with Crippen molar-refractivity contribution < 1.29 is 24.2 Å². The maximum atomic E-state index is 12.8. The minimum absolute atomic E-state index is 0.162. The van der Waals surface area contributed by atoms with Crippen molar-refractivity contribution in [3.63, 3.8) is 0 Å². The summed E-state index contributed by atoms with van der Waals surface area (Å²) in [6, 6.07) is 12.4. The van der Waals surface area contributed by atoms with Crippen LogP contribution in [0, 0.1) is 0 Å². The van der Waals surface area contributed by atoms with E-state index in [1.54, 1.807) is 25.3 Å². The Bertz CT molecular complexity index is 1220. The molecule has 8 heteroatoms. The van der Waals surface area contributed by atoms with Gasteiger partial charge in [-0.3, -0.25) is 19.4 Å². The number of carboxylic acid groups (broad SMARTS) is 1. The Morgan fingerprint density at radius 2 is 1.93 bits per heavy atom. The third-order valence-corrected chi connectivity index (χ3v) is 5.14. The highest BCUT2D eigenvalue weighted by Crippen LogP contribution is 2.33.